The Morgan fingerprint density at radius 3 is 2.56 bits per heavy atom. The lowest BCUT2D eigenvalue weighted by Gasteiger charge is -1.79. The van der Waals surface area contributed by atoms with Crippen molar-refractivity contribution < 1.29 is 4.79 Å². The fraction of sp³-hybridized carbons (Fsp3) is 0.286. The smallest absolute Gasteiger partial charge is 0.160 e. The molecule has 0 atom stereocenters. The van der Waals surface area contributed by atoms with Crippen molar-refractivity contribution in [1.29, 1.82) is 0 Å². The zero-order valence-electron chi connectivity index (χ0n) is 4.55. The molecule has 0 aliphatic rings. The molecule has 0 saturated heterocycles. The van der Waals surface area contributed by atoms with Gasteiger partial charge in [0.05, 0.1) is 4.88 Å². The van der Waals surface area contributed by atoms with Gasteiger partial charge in [0.2, 0.25) is 0 Å². The predicted octanol–water partition coefficient (Wildman–Crippen LogP) is 2.51. The molecule has 0 aliphatic heterocycles. The molecule has 0 amide bonds. The first-order valence-electron chi connectivity index (χ1n) is 2.34. The average Bonchev–Trinajstić information content (AvgIpc) is 2.14. The van der Waals surface area contributed by atoms with Crippen LogP contribution in [0.15, 0.2) is 11.4 Å². The second-order valence-electron chi connectivity index (χ2n) is 1.59. The van der Waals surface area contributed by atoms with Gasteiger partial charge in [0, 0.05) is 0 Å². The highest BCUT2D eigenvalue weighted by atomic mass is 32.1. The van der Waals surface area contributed by atoms with Gasteiger partial charge in [-0.25, -0.2) is 0 Å². The lowest BCUT2D eigenvalue weighted by atomic mass is 10.3. The Morgan fingerprint density at radius 2 is 2.33 bits per heavy atom. The Bertz CT molecular complexity index is 191. The van der Waals surface area contributed by atoms with Gasteiger partial charge in [-0.15, -0.1) is 11.3 Å². The zero-order valence-corrected chi connectivity index (χ0v) is 5.37. The van der Waals surface area contributed by atoms with Crippen LogP contribution >= 0.6 is 11.3 Å². The number of aldehydes is 1. The summed E-state index contributed by atoms with van der Waals surface area (Å²) >= 11 is 1.48. The van der Waals surface area contributed by atoms with E-state index in [1.54, 1.807) is 0 Å². The molecule has 0 radical (unpaired) electrons. The lowest BCUT2D eigenvalue weighted by Crippen LogP contribution is -1.72. The van der Waals surface area contributed by atoms with Crippen LogP contribution in [0, 0.1) is 6.92 Å². The average molecular weight is 142 g/mol. The normalized spacial score (nSPS) is 8.11. The van der Waals surface area contributed by atoms with Crippen LogP contribution in [0.25, 0.3) is 0 Å². The zero-order chi connectivity index (χ0) is 5.98. The van der Waals surface area contributed by atoms with E-state index < -0.39 is 0 Å². The van der Waals surface area contributed by atoms with Crippen LogP contribution in [0.1, 0.15) is 22.7 Å². The molecule has 2 heteroatoms. The van der Waals surface area contributed by atoms with Gasteiger partial charge in [-0.3, -0.25) is 4.79 Å². The van der Waals surface area contributed by atoms with Crippen LogP contribution in [0.4, 0.5) is 0 Å². The molecule has 1 aromatic rings. The summed E-state index contributed by atoms with van der Waals surface area (Å²) in [5.74, 6) is 0. The van der Waals surface area contributed by atoms with Gasteiger partial charge < -0.3 is 0 Å². The molecule has 9 heavy (non-hydrogen) atoms. The lowest BCUT2D eigenvalue weighted by molar-refractivity contribution is 0.112. The quantitative estimate of drug-likeness (QED) is 0.550. The van der Waals surface area contributed by atoms with E-state index in [0.29, 0.717) is 0 Å². The summed E-state index contributed by atoms with van der Waals surface area (Å²) in [5.41, 5.74) is 1.07. The second kappa shape index (κ2) is 3.41. The van der Waals surface area contributed by atoms with Gasteiger partial charge in [0.1, 0.15) is 0 Å². The number of aryl methyl sites for hydroxylation is 1. The molecule has 0 spiro atoms. The van der Waals surface area contributed by atoms with Crippen LogP contribution < -0.4 is 0 Å². The van der Waals surface area contributed by atoms with Gasteiger partial charge in [0.15, 0.2) is 6.29 Å². The number of hydrogen-bond donors (Lipinski definition) is 0. The Balaban J connectivity index is 0.000000640. The Hall–Kier alpha value is -0.630. The fourth-order valence-corrected chi connectivity index (χ4v) is 1.23. The molecule has 0 bridgehead atoms. The van der Waals surface area contributed by atoms with E-state index in [1.807, 2.05) is 18.4 Å². The summed E-state index contributed by atoms with van der Waals surface area (Å²) in [6, 6.07) is 1.94. The molecule has 0 aliphatic carbocycles. The third-order valence-electron chi connectivity index (χ3n) is 1.01. The van der Waals surface area contributed by atoms with Gasteiger partial charge in [-0.2, -0.15) is 0 Å². The minimum Gasteiger partial charge on any atom is -0.297 e. The SMILES string of the molecule is C.Cc1ccsc1C=O. The first-order chi connectivity index (χ1) is 3.84. The Kier molecular flexibility index (Phi) is 3.17. The number of hydrogen-bond acceptors (Lipinski definition) is 2. The Morgan fingerprint density at radius 1 is 1.67 bits per heavy atom. The van der Waals surface area contributed by atoms with Gasteiger partial charge in [0.25, 0.3) is 0 Å². The van der Waals surface area contributed by atoms with Crippen LogP contribution in [0.3, 0.4) is 0 Å². The summed E-state index contributed by atoms with van der Waals surface area (Å²) in [5, 5.41) is 1.92. The maximum absolute atomic E-state index is 10.1. The summed E-state index contributed by atoms with van der Waals surface area (Å²) in [7, 11) is 0. The van der Waals surface area contributed by atoms with Crippen LogP contribution in [0.2, 0.25) is 0 Å². The maximum atomic E-state index is 10.1. The van der Waals surface area contributed by atoms with Crippen molar-refractivity contribution in [2.24, 2.45) is 0 Å². The molecule has 1 rings (SSSR count). The number of carbonyl (C=O) groups excluding carboxylic acids is 1. The molecule has 1 heterocycles. The summed E-state index contributed by atoms with van der Waals surface area (Å²) < 4.78 is 0. The first-order valence-corrected chi connectivity index (χ1v) is 3.22. The number of rotatable bonds is 1. The van der Waals surface area contributed by atoms with Crippen molar-refractivity contribution in [3.63, 3.8) is 0 Å². The van der Waals surface area contributed by atoms with Gasteiger partial charge in [-0.05, 0) is 23.9 Å². The maximum Gasteiger partial charge on any atom is 0.160 e. The van der Waals surface area contributed by atoms with Gasteiger partial charge in [-0.1, -0.05) is 7.43 Å². The van der Waals surface area contributed by atoms with Crippen LogP contribution in [-0.2, 0) is 0 Å². The molecular weight excluding hydrogens is 132 g/mol. The second-order valence-corrected chi connectivity index (χ2v) is 2.53. The summed E-state index contributed by atoms with van der Waals surface area (Å²) in [6.45, 7) is 1.93. The molecule has 0 aromatic carbocycles. The van der Waals surface area contributed by atoms with E-state index in [-0.39, 0.29) is 7.43 Å². The van der Waals surface area contributed by atoms with E-state index in [1.165, 1.54) is 11.3 Å². The first kappa shape index (κ1) is 8.37. The van der Waals surface area contributed by atoms with Crippen molar-refractivity contribution in [3.8, 4) is 0 Å². The fourth-order valence-electron chi connectivity index (χ4n) is 0.505. The van der Waals surface area contributed by atoms with E-state index in [4.69, 9.17) is 0 Å². The third kappa shape index (κ3) is 1.64. The topological polar surface area (TPSA) is 17.1 Å². The molecular formula is C7H10OS. The van der Waals surface area contributed by atoms with Crippen molar-refractivity contribution in [2.75, 3.05) is 0 Å². The van der Waals surface area contributed by atoms with Crippen molar-refractivity contribution >= 4 is 17.6 Å². The van der Waals surface area contributed by atoms with E-state index in [9.17, 15) is 4.79 Å². The Labute approximate surface area is 59.3 Å². The van der Waals surface area contributed by atoms with Crippen LogP contribution in [0.5, 0.6) is 0 Å². The predicted molar refractivity (Wildman–Crippen MR) is 41.2 cm³/mol. The standard InChI is InChI=1S/C6H6OS.CH4/c1-5-2-3-8-6(5)4-7;/h2-4H,1H3;1H4. The molecule has 50 valence electrons. The highest BCUT2D eigenvalue weighted by Crippen LogP contribution is 2.11. The minimum atomic E-state index is 0. The third-order valence-corrected chi connectivity index (χ3v) is 1.95. The molecule has 1 nitrogen and oxygen atoms in total. The highest BCUT2D eigenvalue weighted by molar-refractivity contribution is 7.11. The molecule has 0 saturated carbocycles. The molecule has 0 unspecified atom stereocenters. The van der Waals surface area contributed by atoms with Gasteiger partial charge >= 0.3 is 0 Å². The van der Waals surface area contributed by atoms with Crippen molar-refractivity contribution in [1.82, 2.24) is 0 Å². The molecule has 1 aromatic heterocycles. The van der Waals surface area contributed by atoms with Crippen LogP contribution in [-0.4, -0.2) is 6.29 Å². The molecule has 0 fully saturated rings. The van der Waals surface area contributed by atoms with E-state index >= 15 is 0 Å². The number of thiophene rings is 1. The van der Waals surface area contributed by atoms with Crippen molar-refractivity contribution in [3.05, 3.63) is 21.9 Å². The van der Waals surface area contributed by atoms with E-state index in [0.717, 1.165) is 16.7 Å². The van der Waals surface area contributed by atoms with E-state index in [2.05, 4.69) is 0 Å². The molecule has 0 N–H and O–H groups in total. The summed E-state index contributed by atoms with van der Waals surface area (Å²) in [4.78, 5) is 10.9. The minimum absolute atomic E-state index is 0. The number of carbonyl (C=O) groups is 1. The largest absolute Gasteiger partial charge is 0.297 e. The van der Waals surface area contributed by atoms with Crippen molar-refractivity contribution in [2.45, 2.75) is 14.4 Å². The monoisotopic (exact) mass is 142 g/mol. The summed E-state index contributed by atoms with van der Waals surface area (Å²) in [6.07, 6.45) is 0.889. The highest BCUT2D eigenvalue weighted by Gasteiger charge is 1.93.